The van der Waals surface area contributed by atoms with Gasteiger partial charge in [0.15, 0.2) is 18.2 Å². The molecule has 4 aliphatic heterocycles. The number of hydrogen-bond acceptors (Lipinski definition) is 5. The van der Waals surface area contributed by atoms with Gasteiger partial charge in [-0.15, -0.1) is 0 Å². The molecule has 9 atom stereocenters. The first-order valence-corrected chi connectivity index (χ1v) is 10.2. The highest BCUT2D eigenvalue weighted by Gasteiger charge is 2.69. The van der Waals surface area contributed by atoms with Crippen molar-refractivity contribution < 1.29 is 50.3 Å². The summed E-state index contributed by atoms with van der Waals surface area (Å²) in [4.78, 5) is 11.5. The predicted octanol–water partition coefficient (Wildman–Crippen LogP) is 4.75. The molecular formula is C19H26F6O5. The second kappa shape index (κ2) is 7.19. The lowest BCUT2D eigenvalue weighted by atomic mass is 9.58. The normalized spacial score (nSPS) is 47.5. The molecule has 0 radical (unpaired) electrons. The van der Waals surface area contributed by atoms with E-state index in [1.807, 2.05) is 0 Å². The molecule has 0 aromatic heterocycles. The van der Waals surface area contributed by atoms with E-state index < -0.39 is 54.8 Å². The molecule has 174 valence electrons. The molecule has 2 bridgehead atoms. The van der Waals surface area contributed by atoms with E-state index in [1.165, 1.54) is 0 Å². The van der Waals surface area contributed by atoms with Crippen LogP contribution in [0.25, 0.3) is 0 Å². The standard InChI is InChI=1S/C19H26F6O5/c1-9-4-5-12-10(2)13(26-8-17(21,22)14(20)19(23,24)25)27-15-18(12)11(9)6-7-16(3,28-15)29-30-18/h9-15H,4-8H2,1-3H3/t9-,10-,11+,12+,13?,14?,15-,16+,18-/m1/s1. The van der Waals surface area contributed by atoms with Gasteiger partial charge in [0.2, 0.25) is 5.79 Å². The summed E-state index contributed by atoms with van der Waals surface area (Å²) in [5.41, 5.74) is -0.954. The molecule has 1 saturated carbocycles. The summed E-state index contributed by atoms with van der Waals surface area (Å²) >= 11 is 0. The van der Waals surface area contributed by atoms with Crippen molar-refractivity contribution in [3.05, 3.63) is 0 Å². The first-order chi connectivity index (χ1) is 13.8. The van der Waals surface area contributed by atoms with Crippen molar-refractivity contribution in [1.29, 1.82) is 0 Å². The summed E-state index contributed by atoms with van der Waals surface area (Å²) in [6.45, 7) is 3.72. The fraction of sp³-hybridized carbons (Fsp3) is 1.00. The van der Waals surface area contributed by atoms with Crippen LogP contribution in [0.4, 0.5) is 26.3 Å². The molecular weight excluding hydrogens is 422 g/mol. The summed E-state index contributed by atoms with van der Waals surface area (Å²) in [7, 11) is 0. The zero-order chi connectivity index (χ0) is 22.1. The number of hydrogen-bond donors (Lipinski definition) is 0. The van der Waals surface area contributed by atoms with Crippen LogP contribution in [-0.2, 0) is 24.0 Å². The average Bonchev–Trinajstić information content (AvgIpc) is 2.88. The van der Waals surface area contributed by atoms with Gasteiger partial charge in [0.1, 0.15) is 6.61 Å². The maximum Gasteiger partial charge on any atom is 0.425 e. The lowest BCUT2D eigenvalue weighted by molar-refractivity contribution is -0.577. The third-order valence-electron chi connectivity index (χ3n) is 7.20. The second-order valence-corrected chi connectivity index (χ2v) is 9.25. The highest BCUT2D eigenvalue weighted by Crippen LogP contribution is 2.60. The van der Waals surface area contributed by atoms with Gasteiger partial charge in [-0.1, -0.05) is 13.8 Å². The van der Waals surface area contributed by atoms with Crippen molar-refractivity contribution in [2.45, 2.75) is 88.7 Å². The van der Waals surface area contributed by atoms with Crippen molar-refractivity contribution in [2.75, 3.05) is 6.61 Å². The molecule has 0 aromatic rings. The van der Waals surface area contributed by atoms with Crippen LogP contribution in [0.15, 0.2) is 0 Å². The molecule has 4 heterocycles. The Bertz CT molecular complexity index is 662. The SMILES string of the molecule is C[C@@H]1CC[C@H]2[C@@H](C)C(OCC(F)(F)C(F)C(F)(F)F)O[C@@H]3O[C@]4(C)CC[C@@H]1[C@]32OO4. The molecule has 0 aromatic carbocycles. The van der Waals surface area contributed by atoms with E-state index in [2.05, 4.69) is 6.92 Å². The molecule has 11 heteroatoms. The highest BCUT2D eigenvalue weighted by atomic mass is 19.4. The minimum absolute atomic E-state index is 0.0378. The Morgan fingerprint density at radius 1 is 1.03 bits per heavy atom. The smallest absolute Gasteiger partial charge is 0.346 e. The van der Waals surface area contributed by atoms with Gasteiger partial charge >= 0.3 is 12.1 Å². The topological polar surface area (TPSA) is 46.2 Å². The Morgan fingerprint density at radius 3 is 2.40 bits per heavy atom. The van der Waals surface area contributed by atoms with Crippen molar-refractivity contribution in [1.82, 2.24) is 0 Å². The van der Waals surface area contributed by atoms with Gasteiger partial charge < -0.3 is 14.2 Å². The maximum absolute atomic E-state index is 13.8. The van der Waals surface area contributed by atoms with Gasteiger partial charge in [-0.2, -0.15) is 13.2 Å². The molecule has 4 saturated heterocycles. The van der Waals surface area contributed by atoms with Crippen LogP contribution in [-0.4, -0.2) is 48.8 Å². The molecule has 5 nitrogen and oxygen atoms in total. The molecule has 5 rings (SSSR count). The van der Waals surface area contributed by atoms with Crippen LogP contribution in [0, 0.1) is 23.7 Å². The number of fused-ring (bicyclic) bond motifs is 2. The Morgan fingerprint density at radius 2 is 1.73 bits per heavy atom. The molecule has 0 amide bonds. The molecule has 2 unspecified atom stereocenters. The van der Waals surface area contributed by atoms with Gasteiger partial charge in [-0.3, -0.25) is 0 Å². The van der Waals surface area contributed by atoms with E-state index in [0.29, 0.717) is 12.8 Å². The van der Waals surface area contributed by atoms with Gasteiger partial charge in [0.25, 0.3) is 6.17 Å². The Labute approximate surface area is 170 Å². The summed E-state index contributed by atoms with van der Waals surface area (Å²) in [6, 6.07) is 0. The van der Waals surface area contributed by atoms with E-state index in [0.717, 1.165) is 12.8 Å². The van der Waals surface area contributed by atoms with E-state index >= 15 is 0 Å². The summed E-state index contributed by atoms with van der Waals surface area (Å²) in [5, 5.41) is 0. The van der Waals surface area contributed by atoms with Gasteiger partial charge in [0, 0.05) is 18.3 Å². The first-order valence-electron chi connectivity index (χ1n) is 10.2. The minimum Gasteiger partial charge on any atom is -0.346 e. The van der Waals surface area contributed by atoms with Crippen LogP contribution in [0.5, 0.6) is 0 Å². The Hall–Kier alpha value is -0.620. The van der Waals surface area contributed by atoms with Gasteiger partial charge in [-0.05, 0) is 38.0 Å². The fourth-order valence-corrected chi connectivity index (χ4v) is 5.57. The third kappa shape index (κ3) is 3.44. The molecule has 5 fully saturated rings. The average molecular weight is 448 g/mol. The summed E-state index contributed by atoms with van der Waals surface area (Å²) in [5.74, 6) is -6.26. The van der Waals surface area contributed by atoms with Crippen molar-refractivity contribution >= 4 is 0 Å². The fourth-order valence-electron chi connectivity index (χ4n) is 5.57. The minimum atomic E-state index is -5.69. The van der Waals surface area contributed by atoms with Gasteiger partial charge in [0.05, 0.1) is 0 Å². The van der Waals surface area contributed by atoms with E-state index in [1.54, 1.807) is 13.8 Å². The van der Waals surface area contributed by atoms with Crippen LogP contribution in [0.2, 0.25) is 0 Å². The third-order valence-corrected chi connectivity index (χ3v) is 7.20. The number of halogens is 6. The number of alkyl halides is 6. The van der Waals surface area contributed by atoms with Crippen molar-refractivity contribution in [2.24, 2.45) is 23.7 Å². The van der Waals surface area contributed by atoms with Crippen LogP contribution < -0.4 is 0 Å². The molecule has 1 spiro atoms. The maximum atomic E-state index is 13.8. The van der Waals surface area contributed by atoms with Crippen molar-refractivity contribution in [3.8, 4) is 0 Å². The number of ether oxygens (including phenoxy) is 3. The van der Waals surface area contributed by atoms with E-state index in [4.69, 9.17) is 24.0 Å². The molecule has 1 aliphatic carbocycles. The molecule has 5 aliphatic rings. The summed E-state index contributed by atoms with van der Waals surface area (Å²) < 4.78 is 94.8. The molecule has 30 heavy (non-hydrogen) atoms. The van der Waals surface area contributed by atoms with Crippen LogP contribution in [0.1, 0.15) is 46.5 Å². The van der Waals surface area contributed by atoms with Crippen molar-refractivity contribution in [3.63, 3.8) is 0 Å². The second-order valence-electron chi connectivity index (χ2n) is 9.25. The molecule has 0 N–H and O–H groups in total. The van der Waals surface area contributed by atoms with E-state index in [-0.39, 0.29) is 17.8 Å². The summed E-state index contributed by atoms with van der Waals surface area (Å²) in [6.07, 6.45) is -9.47. The Balaban J connectivity index is 1.56. The predicted molar refractivity (Wildman–Crippen MR) is 88.7 cm³/mol. The van der Waals surface area contributed by atoms with E-state index in [9.17, 15) is 26.3 Å². The lowest BCUT2D eigenvalue weighted by Gasteiger charge is -2.60. The zero-order valence-corrected chi connectivity index (χ0v) is 16.9. The zero-order valence-electron chi connectivity index (χ0n) is 16.9. The Kier molecular flexibility index (Phi) is 5.41. The quantitative estimate of drug-likeness (QED) is 0.459. The van der Waals surface area contributed by atoms with Crippen LogP contribution >= 0.6 is 0 Å². The first kappa shape index (κ1) is 22.6. The monoisotopic (exact) mass is 448 g/mol. The lowest BCUT2D eigenvalue weighted by Crippen LogP contribution is -2.70. The highest BCUT2D eigenvalue weighted by molar-refractivity contribution is 5.09. The van der Waals surface area contributed by atoms with Gasteiger partial charge in [-0.25, -0.2) is 22.9 Å². The number of rotatable bonds is 4. The largest absolute Gasteiger partial charge is 0.425 e. The van der Waals surface area contributed by atoms with Crippen LogP contribution in [0.3, 0.4) is 0 Å².